The lowest BCUT2D eigenvalue weighted by Gasteiger charge is -2.40. The van der Waals surface area contributed by atoms with E-state index in [9.17, 15) is 5.11 Å². The van der Waals surface area contributed by atoms with Crippen molar-refractivity contribution in [2.24, 2.45) is 0 Å². The zero-order chi connectivity index (χ0) is 21.8. The number of hydrogen-bond donors (Lipinski definition) is 1. The third-order valence-corrected chi connectivity index (χ3v) is 6.31. The second-order valence-electron chi connectivity index (χ2n) is 8.09. The second kappa shape index (κ2) is 8.45. The Morgan fingerprint density at radius 1 is 0.645 bits per heavy atom. The van der Waals surface area contributed by atoms with Crippen LogP contribution in [-0.2, 0) is 5.60 Å². The van der Waals surface area contributed by atoms with E-state index in [4.69, 9.17) is 19.7 Å². The fourth-order valence-electron chi connectivity index (χ4n) is 4.98. The summed E-state index contributed by atoms with van der Waals surface area (Å²) < 4.78 is 0. The van der Waals surface area contributed by atoms with Gasteiger partial charge in [0.2, 0.25) is 0 Å². The molecule has 1 N–H and O–H groups in total. The van der Waals surface area contributed by atoms with Gasteiger partial charge in [-0.25, -0.2) is 0 Å². The second-order valence-corrected chi connectivity index (χ2v) is 8.09. The van der Waals surface area contributed by atoms with E-state index in [2.05, 4.69) is 14.5 Å². The lowest BCUT2D eigenvalue weighted by atomic mass is 9.65. The standard InChI is InChI=1S/C27H24N3O/c1-28-24-13-7-4-10-21(24)19-16-20(22-11-5-8-14-25(22)29-2)18-27(31,17-19)23-12-6-9-15-26(23)30-3/h1-15,19-20,31H,16-18H2/q+3. The first kappa shape index (κ1) is 20.4. The van der Waals surface area contributed by atoms with Gasteiger partial charge in [-0.05, 0) is 51.7 Å². The van der Waals surface area contributed by atoms with E-state index in [1.807, 2.05) is 72.8 Å². The lowest BCUT2D eigenvalue weighted by Crippen LogP contribution is -2.35. The summed E-state index contributed by atoms with van der Waals surface area (Å²) in [6.45, 7) is 17.0. The van der Waals surface area contributed by atoms with Gasteiger partial charge in [-0.15, -0.1) is 0 Å². The summed E-state index contributed by atoms with van der Waals surface area (Å²) in [5.74, 6) is 0.0350. The minimum Gasteiger partial charge on any atom is -0.385 e. The Balaban J connectivity index is 1.86. The number of aliphatic hydroxyl groups is 1. The van der Waals surface area contributed by atoms with E-state index in [1.54, 1.807) is 0 Å². The SMILES string of the molecule is C#[N+]c1ccccc1C1CC(c2ccccc2[N+]#C)CC(O)(c2ccccc2[N+]#C)C1. The molecule has 0 saturated heterocycles. The zero-order valence-electron chi connectivity index (χ0n) is 17.2. The maximum atomic E-state index is 12.0. The molecule has 3 aromatic rings. The largest absolute Gasteiger partial charge is 0.385 e. The molecule has 1 aliphatic carbocycles. The van der Waals surface area contributed by atoms with Crippen LogP contribution in [0.2, 0.25) is 0 Å². The van der Waals surface area contributed by atoms with Gasteiger partial charge in [-0.1, -0.05) is 48.5 Å². The summed E-state index contributed by atoms with van der Waals surface area (Å²) in [6, 6.07) is 23.1. The molecule has 4 heteroatoms. The van der Waals surface area contributed by atoms with E-state index in [0.29, 0.717) is 18.5 Å². The smallest absolute Gasteiger partial charge is 0.345 e. The highest BCUT2D eigenvalue weighted by molar-refractivity contribution is 5.59. The summed E-state index contributed by atoms with van der Waals surface area (Å²) in [7, 11) is 0. The summed E-state index contributed by atoms with van der Waals surface area (Å²) >= 11 is 0. The Bertz CT molecular complexity index is 1180. The van der Waals surface area contributed by atoms with Gasteiger partial charge in [0.05, 0.1) is 11.2 Å². The average Bonchev–Trinajstić information content (AvgIpc) is 2.83. The molecule has 3 aromatic carbocycles. The van der Waals surface area contributed by atoms with Crippen LogP contribution in [0.5, 0.6) is 0 Å². The van der Waals surface area contributed by atoms with Gasteiger partial charge < -0.3 is 5.11 Å². The van der Waals surface area contributed by atoms with E-state index in [1.165, 1.54) is 0 Å². The molecule has 1 aliphatic rings. The number of hydrogen-bond acceptors (Lipinski definition) is 1. The maximum Gasteiger partial charge on any atom is 0.345 e. The van der Waals surface area contributed by atoms with Gasteiger partial charge in [-0.2, -0.15) is 0 Å². The summed E-state index contributed by atoms with van der Waals surface area (Å²) in [5, 5.41) is 12.0. The van der Waals surface area contributed by atoms with E-state index in [-0.39, 0.29) is 11.8 Å². The molecule has 1 fully saturated rings. The minimum absolute atomic E-state index is 0.0175. The molecule has 1 saturated carbocycles. The fraction of sp³-hybridized carbons (Fsp3) is 0.222. The predicted octanol–water partition coefficient (Wildman–Crippen LogP) is 7.41. The van der Waals surface area contributed by atoms with E-state index in [0.717, 1.165) is 34.5 Å². The molecule has 4 nitrogen and oxygen atoms in total. The average molecular weight is 407 g/mol. The van der Waals surface area contributed by atoms with Crippen molar-refractivity contribution in [1.82, 2.24) is 0 Å². The molecule has 150 valence electrons. The minimum atomic E-state index is -1.14. The fourth-order valence-corrected chi connectivity index (χ4v) is 4.98. The first-order valence-corrected chi connectivity index (χ1v) is 10.3. The van der Waals surface area contributed by atoms with Crippen molar-refractivity contribution in [1.29, 1.82) is 0 Å². The predicted molar refractivity (Wildman–Crippen MR) is 126 cm³/mol. The van der Waals surface area contributed by atoms with Crippen LogP contribution >= 0.6 is 0 Å². The molecule has 0 heterocycles. The summed E-state index contributed by atoms with van der Waals surface area (Å²) in [4.78, 5) is 11.9. The lowest BCUT2D eigenvalue weighted by molar-refractivity contribution is -0.0154. The van der Waals surface area contributed by atoms with E-state index < -0.39 is 5.60 Å². The third kappa shape index (κ3) is 3.80. The van der Waals surface area contributed by atoms with Crippen molar-refractivity contribution in [2.45, 2.75) is 36.7 Å². The molecule has 0 aliphatic heterocycles. The van der Waals surface area contributed by atoms with E-state index >= 15 is 0 Å². The van der Waals surface area contributed by atoms with Gasteiger partial charge >= 0.3 is 17.1 Å². The number of nitrogens with zero attached hydrogens (tertiary/aromatic N) is 3. The van der Waals surface area contributed by atoms with Crippen molar-refractivity contribution < 1.29 is 5.11 Å². The maximum absolute atomic E-state index is 12.0. The third-order valence-electron chi connectivity index (χ3n) is 6.31. The van der Waals surface area contributed by atoms with Crippen molar-refractivity contribution in [2.75, 3.05) is 0 Å². The normalized spacial score (nSPS) is 22.6. The summed E-state index contributed by atoms with van der Waals surface area (Å²) in [5.41, 5.74) is 3.63. The highest BCUT2D eigenvalue weighted by Crippen LogP contribution is 2.54. The van der Waals surface area contributed by atoms with Crippen molar-refractivity contribution >= 4 is 17.1 Å². The van der Waals surface area contributed by atoms with Crippen LogP contribution in [0.1, 0.15) is 47.8 Å². The molecule has 2 unspecified atom stereocenters. The number of para-hydroxylation sites is 3. The molecular formula is C27H24N3O+3. The Labute approximate surface area is 182 Å². The Morgan fingerprint density at radius 2 is 1.06 bits per heavy atom. The molecule has 0 aromatic heterocycles. The van der Waals surface area contributed by atoms with Crippen molar-refractivity contribution in [3.05, 3.63) is 104 Å². The monoisotopic (exact) mass is 406 g/mol. The van der Waals surface area contributed by atoms with Crippen LogP contribution in [0, 0.1) is 19.7 Å². The Kier molecular flexibility index (Phi) is 5.55. The van der Waals surface area contributed by atoms with Crippen molar-refractivity contribution in [3.63, 3.8) is 0 Å². The van der Waals surface area contributed by atoms with Crippen LogP contribution < -0.4 is 0 Å². The summed E-state index contributed by atoms with van der Waals surface area (Å²) in [6.07, 6.45) is 1.82. The first-order valence-electron chi connectivity index (χ1n) is 10.3. The highest BCUT2D eigenvalue weighted by Gasteiger charge is 2.46. The van der Waals surface area contributed by atoms with Crippen LogP contribution in [-0.4, -0.2) is 5.11 Å². The van der Waals surface area contributed by atoms with Crippen LogP contribution in [0.25, 0.3) is 14.5 Å². The zero-order valence-corrected chi connectivity index (χ0v) is 17.2. The Morgan fingerprint density at radius 3 is 1.55 bits per heavy atom. The van der Waals surface area contributed by atoms with Gasteiger partial charge in [0.25, 0.3) is 19.7 Å². The molecule has 0 spiro atoms. The van der Waals surface area contributed by atoms with Crippen molar-refractivity contribution in [3.8, 4) is 19.7 Å². The van der Waals surface area contributed by atoms with Crippen LogP contribution in [0.3, 0.4) is 0 Å². The van der Waals surface area contributed by atoms with Gasteiger partial charge in [-0.3, -0.25) is 0 Å². The van der Waals surface area contributed by atoms with Gasteiger partial charge in [0, 0.05) is 29.3 Å². The van der Waals surface area contributed by atoms with Gasteiger partial charge in [0.15, 0.2) is 0 Å². The topological polar surface area (TPSA) is 33.3 Å². The molecule has 4 rings (SSSR count). The molecule has 0 amide bonds. The Hall–Kier alpha value is -3.91. The van der Waals surface area contributed by atoms with Crippen LogP contribution in [0.15, 0.2) is 72.8 Å². The number of rotatable bonds is 3. The quantitative estimate of drug-likeness (QED) is 0.483. The first-order chi connectivity index (χ1) is 15.1. The van der Waals surface area contributed by atoms with Gasteiger partial charge in [0.1, 0.15) is 0 Å². The molecule has 31 heavy (non-hydrogen) atoms. The number of benzene rings is 3. The van der Waals surface area contributed by atoms with Crippen LogP contribution in [0.4, 0.5) is 17.1 Å². The molecule has 0 bridgehead atoms. The molecule has 2 atom stereocenters. The molecular weight excluding hydrogens is 382 g/mol. The highest BCUT2D eigenvalue weighted by atomic mass is 16.3. The molecule has 0 radical (unpaired) electrons.